The highest BCUT2D eigenvalue weighted by molar-refractivity contribution is 5.63. The molecule has 0 amide bonds. The molecular formula is C13H19N3O2. The van der Waals surface area contributed by atoms with Gasteiger partial charge in [-0.1, -0.05) is 0 Å². The van der Waals surface area contributed by atoms with Crippen LogP contribution in [0.5, 0.6) is 0 Å². The summed E-state index contributed by atoms with van der Waals surface area (Å²) in [7, 11) is 2.12. The monoisotopic (exact) mass is 249 g/mol. The molecule has 1 saturated heterocycles. The van der Waals surface area contributed by atoms with Gasteiger partial charge in [-0.2, -0.15) is 0 Å². The summed E-state index contributed by atoms with van der Waals surface area (Å²) in [6, 6.07) is 3.33. The molecule has 18 heavy (non-hydrogen) atoms. The molecule has 0 saturated carbocycles. The van der Waals surface area contributed by atoms with Crippen molar-refractivity contribution in [3.8, 4) is 0 Å². The zero-order valence-electron chi connectivity index (χ0n) is 11.1. The number of nitro groups is 1. The van der Waals surface area contributed by atoms with Crippen molar-refractivity contribution in [1.29, 1.82) is 0 Å². The quantitative estimate of drug-likeness (QED) is 0.594. The van der Waals surface area contributed by atoms with E-state index in [2.05, 4.69) is 16.8 Å². The molecule has 5 heteroatoms. The zero-order chi connectivity index (χ0) is 13.3. The lowest BCUT2D eigenvalue weighted by molar-refractivity contribution is -0.384. The molecule has 5 nitrogen and oxygen atoms in total. The van der Waals surface area contributed by atoms with Crippen molar-refractivity contribution in [2.45, 2.75) is 13.8 Å². The molecule has 0 bridgehead atoms. The lowest BCUT2D eigenvalue weighted by atomic mass is 10.1. The molecule has 0 N–H and O–H groups in total. The van der Waals surface area contributed by atoms with Crippen LogP contribution in [0.2, 0.25) is 0 Å². The average molecular weight is 249 g/mol. The summed E-state index contributed by atoms with van der Waals surface area (Å²) in [5, 5.41) is 10.8. The Labute approximate surface area is 107 Å². The van der Waals surface area contributed by atoms with Crippen molar-refractivity contribution in [2.24, 2.45) is 0 Å². The smallest absolute Gasteiger partial charge is 0.270 e. The Morgan fingerprint density at radius 2 is 1.61 bits per heavy atom. The van der Waals surface area contributed by atoms with Crippen LogP contribution in [0.15, 0.2) is 12.1 Å². The number of hydrogen-bond donors (Lipinski definition) is 0. The predicted octanol–water partition coefficient (Wildman–Crippen LogP) is 1.96. The molecule has 1 aromatic carbocycles. The van der Waals surface area contributed by atoms with Crippen LogP contribution >= 0.6 is 0 Å². The number of nitrogens with zero attached hydrogens (tertiary/aromatic N) is 3. The number of likely N-dealkylation sites (N-methyl/N-ethyl adjacent to an activating group) is 1. The second-order valence-electron chi connectivity index (χ2n) is 4.98. The van der Waals surface area contributed by atoms with Gasteiger partial charge in [0.1, 0.15) is 0 Å². The van der Waals surface area contributed by atoms with E-state index in [9.17, 15) is 10.1 Å². The Hall–Kier alpha value is -1.62. The molecule has 0 aromatic heterocycles. The third-order valence-electron chi connectivity index (χ3n) is 3.51. The van der Waals surface area contributed by atoms with Crippen LogP contribution in [-0.4, -0.2) is 43.0 Å². The summed E-state index contributed by atoms with van der Waals surface area (Å²) in [6.45, 7) is 7.94. The minimum Gasteiger partial charge on any atom is -0.369 e. The number of hydrogen-bond acceptors (Lipinski definition) is 4. The van der Waals surface area contributed by atoms with E-state index in [1.165, 1.54) is 0 Å². The van der Waals surface area contributed by atoms with Gasteiger partial charge in [-0.15, -0.1) is 0 Å². The largest absolute Gasteiger partial charge is 0.369 e. The van der Waals surface area contributed by atoms with Gasteiger partial charge in [0.05, 0.1) is 4.92 Å². The molecule has 0 radical (unpaired) electrons. The van der Waals surface area contributed by atoms with Crippen LogP contribution < -0.4 is 4.90 Å². The van der Waals surface area contributed by atoms with Crippen LogP contribution in [0, 0.1) is 24.0 Å². The van der Waals surface area contributed by atoms with E-state index >= 15 is 0 Å². The van der Waals surface area contributed by atoms with Crippen LogP contribution in [0.25, 0.3) is 0 Å². The highest BCUT2D eigenvalue weighted by atomic mass is 16.6. The summed E-state index contributed by atoms with van der Waals surface area (Å²) in [5.74, 6) is 0. The molecule has 1 aliphatic rings. The molecule has 1 aliphatic heterocycles. The Kier molecular flexibility index (Phi) is 3.52. The molecule has 0 unspecified atom stereocenters. The van der Waals surface area contributed by atoms with Gasteiger partial charge in [-0.25, -0.2) is 0 Å². The third kappa shape index (κ3) is 2.46. The van der Waals surface area contributed by atoms with E-state index in [-0.39, 0.29) is 10.6 Å². The number of nitro benzene ring substituents is 1. The Balaban J connectivity index is 2.31. The number of aryl methyl sites for hydroxylation is 2. The van der Waals surface area contributed by atoms with Crippen molar-refractivity contribution >= 4 is 11.4 Å². The minimum atomic E-state index is -0.326. The van der Waals surface area contributed by atoms with Gasteiger partial charge in [0.2, 0.25) is 0 Å². The first kappa shape index (κ1) is 12.8. The molecule has 2 rings (SSSR count). The summed E-state index contributed by atoms with van der Waals surface area (Å²) >= 11 is 0. The van der Waals surface area contributed by atoms with Gasteiger partial charge in [-0.05, 0) is 32.0 Å². The number of piperazine rings is 1. The van der Waals surface area contributed by atoms with E-state index in [0.717, 1.165) is 43.0 Å². The van der Waals surface area contributed by atoms with E-state index in [4.69, 9.17) is 0 Å². The topological polar surface area (TPSA) is 49.6 Å². The van der Waals surface area contributed by atoms with E-state index in [0.29, 0.717) is 0 Å². The van der Waals surface area contributed by atoms with Crippen molar-refractivity contribution in [3.63, 3.8) is 0 Å². The standard InChI is InChI=1S/C13H19N3O2/c1-10-8-12(16(17)18)9-11(2)13(10)15-6-4-14(3)5-7-15/h8-9H,4-7H2,1-3H3. The Bertz CT molecular complexity index is 442. The van der Waals surface area contributed by atoms with Gasteiger partial charge >= 0.3 is 0 Å². The summed E-state index contributed by atoms with van der Waals surface area (Å²) in [4.78, 5) is 15.1. The molecule has 0 aliphatic carbocycles. The first-order chi connectivity index (χ1) is 8.49. The van der Waals surface area contributed by atoms with E-state index < -0.39 is 0 Å². The fourth-order valence-corrected chi connectivity index (χ4v) is 2.57. The normalized spacial score (nSPS) is 16.9. The highest BCUT2D eigenvalue weighted by Gasteiger charge is 2.20. The van der Waals surface area contributed by atoms with E-state index in [1.807, 2.05) is 13.8 Å². The number of benzene rings is 1. The fourth-order valence-electron chi connectivity index (χ4n) is 2.57. The number of anilines is 1. The lowest BCUT2D eigenvalue weighted by Crippen LogP contribution is -2.45. The maximum atomic E-state index is 10.8. The third-order valence-corrected chi connectivity index (χ3v) is 3.51. The average Bonchev–Trinajstić information content (AvgIpc) is 2.30. The highest BCUT2D eigenvalue weighted by Crippen LogP contribution is 2.29. The summed E-state index contributed by atoms with van der Waals surface area (Å²) < 4.78 is 0. The number of rotatable bonds is 2. The van der Waals surface area contributed by atoms with Gasteiger partial charge in [0, 0.05) is 44.0 Å². The second-order valence-corrected chi connectivity index (χ2v) is 4.98. The molecule has 98 valence electrons. The minimum absolute atomic E-state index is 0.183. The van der Waals surface area contributed by atoms with Crippen molar-refractivity contribution in [2.75, 3.05) is 38.1 Å². The fraction of sp³-hybridized carbons (Fsp3) is 0.538. The summed E-state index contributed by atoms with van der Waals surface area (Å²) in [6.07, 6.45) is 0. The molecular weight excluding hydrogens is 230 g/mol. The van der Waals surface area contributed by atoms with E-state index in [1.54, 1.807) is 12.1 Å². The molecule has 1 fully saturated rings. The summed E-state index contributed by atoms with van der Waals surface area (Å²) in [5.41, 5.74) is 3.33. The first-order valence-electron chi connectivity index (χ1n) is 6.18. The van der Waals surface area contributed by atoms with Gasteiger partial charge in [0.15, 0.2) is 0 Å². The predicted molar refractivity (Wildman–Crippen MR) is 72.3 cm³/mol. The Morgan fingerprint density at radius 1 is 1.11 bits per heavy atom. The lowest BCUT2D eigenvalue weighted by Gasteiger charge is -2.35. The molecule has 1 heterocycles. The van der Waals surface area contributed by atoms with Gasteiger partial charge in [-0.3, -0.25) is 10.1 Å². The zero-order valence-corrected chi connectivity index (χ0v) is 11.1. The maximum Gasteiger partial charge on any atom is 0.270 e. The van der Waals surface area contributed by atoms with Crippen molar-refractivity contribution in [3.05, 3.63) is 33.4 Å². The number of non-ortho nitro benzene ring substituents is 1. The second kappa shape index (κ2) is 4.94. The molecule has 0 spiro atoms. The maximum absolute atomic E-state index is 10.8. The van der Waals surface area contributed by atoms with Crippen molar-refractivity contribution in [1.82, 2.24) is 4.90 Å². The van der Waals surface area contributed by atoms with Crippen molar-refractivity contribution < 1.29 is 4.92 Å². The molecule has 1 aromatic rings. The van der Waals surface area contributed by atoms with Crippen LogP contribution in [0.3, 0.4) is 0 Å². The SMILES string of the molecule is Cc1cc([N+](=O)[O-])cc(C)c1N1CCN(C)CC1. The Morgan fingerprint density at radius 3 is 2.06 bits per heavy atom. The first-order valence-corrected chi connectivity index (χ1v) is 6.18. The van der Waals surface area contributed by atoms with Gasteiger partial charge in [0.25, 0.3) is 5.69 Å². The van der Waals surface area contributed by atoms with Crippen LogP contribution in [0.4, 0.5) is 11.4 Å². The molecule has 0 atom stereocenters. The van der Waals surface area contributed by atoms with Crippen LogP contribution in [-0.2, 0) is 0 Å². The van der Waals surface area contributed by atoms with Gasteiger partial charge < -0.3 is 9.80 Å². The van der Waals surface area contributed by atoms with Crippen LogP contribution in [0.1, 0.15) is 11.1 Å².